The molecule has 0 saturated heterocycles. The van der Waals surface area contributed by atoms with Crippen LogP contribution in [0.15, 0.2) is 43.1 Å². The number of hydrogen-bond donors (Lipinski definition) is 1. The number of benzene rings is 1. The number of carbonyl (C=O) groups is 1. The molecule has 0 heterocycles. The van der Waals surface area contributed by atoms with Crippen LogP contribution in [0.1, 0.15) is 5.56 Å². The van der Waals surface area contributed by atoms with Crippen molar-refractivity contribution in [2.24, 2.45) is 0 Å². The summed E-state index contributed by atoms with van der Waals surface area (Å²) in [5.41, 5.74) is 0.949. The van der Waals surface area contributed by atoms with Gasteiger partial charge in [0.05, 0.1) is 6.54 Å². The van der Waals surface area contributed by atoms with E-state index in [1.54, 1.807) is 0 Å². The minimum absolute atomic E-state index is 0.347. The predicted octanol–water partition coefficient (Wildman–Crippen LogP) is 2.31. The van der Waals surface area contributed by atoms with Crippen LogP contribution in [-0.4, -0.2) is 16.1 Å². The molecule has 1 N–H and O–H groups in total. The molecule has 0 aromatic heterocycles. The number of amides is 1. The van der Waals surface area contributed by atoms with E-state index in [2.05, 4.69) is 6.58 Å². The lowest BCUT2D eigenvalue weighted by Crippen LogP contribution is -2.22. The van der Waals surface area contributed by atoms with Crippen molar-refractivity contribution in [2.45, 2.75) is 6.54 Å². The molecule has 1 rings (SSSR count). The minimum Gasteiger partial charge on any atom is -0.465 e. The van der Waals surface area contributed by atoms with E-state index in [1.807, 2.05) is 30.3 Å². The maximum absolute atomic E-state index is 10.6. The molecular formula is C10H11NO2. The fourth-order valence-corrected chi connectivity index (χ4v) is 0.990. The van der Waals surface area contributed by atoms with Crippen LogP contribution in [-0.2, 0) is 6.54 Å². The summed E-state index contributed by atoms with van der Waals surface area (Å²) < 4.78 is 0. The highest BCUT2D eigenvalue weighted by Crippen LogP contribution is 2.04. The second-order valence-electron chi connectivity index (χ2n) is 2.58. The van der Waals surface area contributed by atoms with Crippen molar-refractivity contribution < 1.29 is 9.90 Å². The van der Waals surface area contributed by atoms with E-state index in [9.17, 15) is 4.79 Å². The molecule has 0 bridgehead atoms. The highest BCUT2D eigenvalue weighted by atomic mass is 16.4. The maximum Gasteiger partial charge on any atom is 0.411 e. The molecule has 0 radical (unpaired) electrons. The van der Waals surface area contributed by atoms with Gasteiger partial charge in [0.25, 0.3) is 0 Å². The SMILES string of the molecule is C=CN(Cc1ccccc1)C(=O)O. The minimum atomic E-state index is -0.987. The molecule has 1 aromatic rings. The quantitative estimate of drug-likeness (QED) is 0.769. The molecule has 1 amide bonds. The van der Waals surface area contributed by atoms with Gasteiger partial charge in [-0.25, -0.2) is 4.79 Å². The fourth-order valence-electron chi connectivity index (χ4n) is 0.990. The van der Waals surface area contributed by atoms with Crippen molar-refractivity contribution in [2.75, 3.05) is 0 Å². The summed E-state index contributed by atoms with van der Waals surface area (Å²) in [4.78, 5) is 11.7. The van der Waals surface area contributed by atoms with Crippen LogP contribution in [0.2, 0.25) is 0 Å². The molecule has 3 heteroatoms. The topological polar surface area (TPSA) is 40.5 Å². The first-order valence-corrected chi connectivity index (χ1v) is 3.90. The first-order valence-electron chi connectivity index (χ1n) is 3.90. The van der Waals surface area contributed by atoms with Gasteiger partial charge in [0.2, 0.25) is 0 Å². The van der Waals surface area contributed by atoms with Gasteiger partial charge in [0, 0.05) is 6.20 Å². The number of hydrogen-bond acceptors (Lipinski definition) is 1. The lowest BCUT2D eigenvalue weighted by atomic mass is 10.2. The third-order valence-corrected chi connectivity index (χ3v) is 1.66. The maximum atomic E-state index is 10.6. The zero-order valence-electron chi connectivity index (χ0n) is 7.18. The van der Waals surface area contributed by atoms with Crippen molar-refractivity contribution in [3.05, 3.63) is 48.7 Å². The molecule has 68 valence electrons. The fraction of sp³-hybridized carbons (Fsp3) is 0.100. The summed E-state index contributed by atoms with van der Waals surface area (Å²) in [6, 6.07) is 9.39. The molecule has 0 saturated carbocycles. The second kappa shape index (κ2) is 4.30. The average molecular weight is 177 g/mol. The Hall–Kier alpha value is -1.77. The van der Waals surface area contributed by atoms with Gasteiger partial charge in [-0.15, -0.1) is 0 Å². The number of carboxylic acid groups (broad SMARTS) is 1. The van der Waals surface area contributed by atoms with E-state index in [1.165, 1.54) is 6.20 Å². The van der Waals surface area contributed by atoms with Crippen LogP contribution >= 0.6 is 0 Å². The Morgan fingerprint density at radius 2 is 2.08 bits per heavy atom. The third kappa shape index (κ3) is 2.63. The highest BCUT2D eigenvalue weighted by Gasteiger charge is 2.06. The standard InChI is InChI=1S/C10H11NO2/c1-2-11(10(12)13)8-9-6-4-3-5-7-9/h2-7H,1,8H2,(H,12,13). The molecule has 0 aliphatic heterocycles. The Kier molecular flexibility index (Phi) is 3.09. The molecule has 3 nitrogen and oxygen atoms in total. The smallest absolute Gasteiger partial charge is 0.411 e. The molecular weight excluding hydrogens is 166 g/mol. The van der Waals surface area contributed by atoms with Crippen molar-refractivity contribution in [1.82, 2.24) is 4.90 Å². The van der Waals surface area contributed by atoms with Gasteiger partial charge in [0.15, 0.2) is 0 Å². The average Bonchev–Trinajstić information content (AvgIpc) is 2.15. The van der Waals surface area contributed by atoms with E-state index >= 15 is 0 Å². The van der Waals surface area contributed by atoms with Crippen LogP contribution < -0.4 is 0 Å². The zero-order valence-corrected chi connectivity index (χ0v) is 7.18. The Morgan fingerprint density at radius 3 is 2.54 bits per heavy atom. The summed E-state index contributed by atoms with van der Waals surface area (Å²) in [5.74, 6) is 0. The van der Waals surface area contributed by atoms with E-state index < -0.39 is 6.09 Å². The van der Waals surface area contributed by atoms with Crippen molar-refractivity contribution >= 4 is 6.09 Å². The molecule has 0 unspecified atom stereocenters. The van der Waals surface area contributed by atoms with Gasteiger partial charge in [-0.05, 0) is 5.56 Å². The molecule has 1 aromatic carbocycles. The van der Waals surface area contributed by atoms with Gasteiger partial charge >= 0.3 is 6.09 Å². The number of rotatable bonds is 3. The largest absolute Gasteiger partial charge is 0.465 e. The number of nitrogens with zero attached hydrogens (tertiary/aromatic N) is 1. The van der Waals surface area contributed by atoms with E-state index in [0.29, 0.717) is 6.54 Å². The second-order valence-corrected chi connectivity index (χ2v) is 2.58. The summed E-state index contributed by atoms with van der Waals surface area (Å²) in [6.45, 7) is 3.77. The zero-order chi connectivity index (χ0) is 9.68. The van der Waals surface area contributed by atoms with Gasteiger partial charge in [-0.3, -0.25) is 4.90 Å². The van der Waals surface area contributed by atoms with Crippen LogP contribution in [0.4, 0.5) is 4.79 Å². The third-order valence-electron chi connectivity index (χ3n) is 1.66. The normalized spacial score (nSPS) is 9.23. The van der Waals surface area contributed by atoms with Crippen molar-refractivity contribution in [3.63, 3.8) is 0 Å². The molecule has 0 aliphatic rings. The molecule has 13 heavy (non-hydrogen) atoms. The Morgan fingerprint density at radius 1 is 1.46 bits per heavy atom. The Labute approximate surface area is 76.9 Å². The van der Waals surface area contributed by atoms with Crippen molar-refractivity contribution in [3.8, 4) is 0 Å². The van der Waals surface area contributed by atoms with Crippen LogP contribution in [0.25, 0.3) is 0 Å². The van der Waals surface area contributed by atoms with Crippen LogP contribution in [0, 0.1) is 0 Å². The summed E-state index contributed by atoms with van der Waals surface area (Å²) in [6.07, 6.45) is 0.314. The summed E-state index contributed by atoms with van der Waals surface area (Å²) in [5, 5.41) is 8.69. The van der Waals surface area contributed by atoms with Gasteiger partial charge in [-0.2, -0.15) is 0 Å². The molecule has 0 atom stereocenters. The summed E-state index contributed by atoms with van der Waals surface area (Å²) in [7, 11) is 0. The lowest BCUT2D eigenvalue weighted by molar-refractivity contribution is 0.161. The molecule has 0 fully saturated rings. The monoisotopic (exact) mass is 177 g/mol. The van der Waals surface area contributed by atoms with E-state index in [-0.39, 0.29) is 0 Å². The first-order chi connectivity index (χ1) is 6.24. The Balaban J connectivity index is 2.67. The van der Waals surface area contributed by atoms with Gasteiger partial charge in [-0.1, -0.05) is 36.9 Å². The first kappa shape index (κ1) is 9.32. The van der Waals surface area contributed by atoms with Crippen LogP contribution in [0.5, 0.6) is 0 Å². The summed E-state index contributed by atoms with van der Waals surface area (Å²) >= 11 is 0. The van der Waals surface area contributed by atoms with Gasteiger partial charge < -0.3 is 5.11 Å². The highest BCUT2D eigenvalue weighted by molar-refractivity contribution is 5.66. The van der Waals surface area contributed by atoms with E-state index in [4.69, 9.17) is 5.11 Å². The van der Waals surface area contributed by atoms with E-state index in [0.717, 1.165) is 10.5 Å². The van der Waals surface area contributed by atoms with Crippen molar-refractivity contribution in [1.29, 1.82) is 0 Å². The van der Waals surface area contributed by atoms with Crippen LogP contribution in [0.3, 0.4) is 0 Å². The Bertz CT molecular complexity index is 295. The van der Waals surface area contributed by atoms with Gasteiger partial charge in [0.1, 0.15) is 0 Å². The predicted molar refractivity (Wildman–Crippen MR) is 50.2 cm³/mol. The molecule has 0 spiro atoms. The lowest BCUT2D eigenvalue weighted by Gasteiger charge is -2.13. The molecule has 0 aliphatic carbocycles.